The molecule has 0 bridgehead atoms. The largest absolute Gasteiger partial charge is 0.491 e. The molecule has 1 heterocycles. The molecule has 0 radical (unpaired) electrons. The fourth-order valence-electron chi connectivity index (χ4n) is 2.87. The van der Waals surface area contributed by atoms with Gasteiger partial charge in [0.1, 0.15) is 25.0 Å². The molecule has 0 amide bonds. The molecule has 112 valence electrons. The highest BCUT2D eigenvalue weighted by Crippen LogP contribution is 2.27. The van der Waals surface area contributed by atoms with E-state index in [0.717, 1.165) is 24.3 Å². The third-order valence-corrected chi connectivity index (χ3v) is 4.13. The summed E-state index contributed by atoms with van der Waals surface area (Å²) >= 11 is 0. The zero-order chi connectivity index (χ0) is 14.5. The molecule has 3 rings (SSSR count). The van der Waals surface area contributed by atoms with Gasteiger partial charge in [0.05, 0.1) is 11.8 Å². The summed E-state index contributed by atoms with van der Waals surface area (Å²) in [5.74, 6) is 1.17. The third-order valence-electron chi connectivity index (χ3n) is 4.13. The Bertz CT molecular complexity index is 533. The minimum absolute atomic E-state index is 0.361. The quantitative estimate of drug-likeness (QED) is 0.918. The van der Waals surface area contributed by atoms with Gasteiger partial charge < -0.3 is 9.84 Å². The molecule has 1 aliphatic rings. The van der Waals surface area contributed by atoms with Crippen LogP contribution in [0.2, 0.25) is 0 Å². The highest BCUT2D eigenvalue weighted by molar-refractivity contribution is 5.36. The maximum absolute atomic E-state index is 10.2. The molecule has 1 unspecified atom stereocenters. The van der Waals surface area contributed by atoms with E-state index in [1.54, 1.807) is 11.0 Å². The SMILES string of the molecule is OC(COc1ccc(-n2cncn2)cc1)C1CCCCC1. The Labute approximate surface area is 124 Å². The molecule has 5 heteroatoms. The second-order valence-electron chi connectivity index (χ2n) is 5.61. The predicted molar refractivity (Wildman–Crippen MR) is 79.4 cm³/mol. The number of hydrogen-bond donors (Lipinski definition) is 1. The van der Waals surface area contributed by atoms with Crippen molar-refractivity contribution < 1.29 is 9.84 Å². The van der Waals surface area contributed by atoms with Gasteiger partial charge in [-0.15, -0.1) is 0 Å². The summed E-state index contributed by atoms with van der Waals surface area (Å²) in [6.07, 6.45) is 8.80. The molecule has 5 nitrogen and oxygen atoms in total. The topological polar surface area (TPSA) is 60.2 Å². The first kappa shape index (κ1) is 14.1. The van der Waals surface area contributed by atoms with Gasteiger partial charge in [0.15, 0.2) is 0 Å². The number of benzene rings is 1. The molecule has 1 atom stereocenters. The number of rotatable bonds is 5. The molecule has 1 saturated carbocycles. The maximum Gasteiger partial charge on any atom is 0.138 e. The monoisotopic (exact) mass is 287 g/mol. The molecule has 2 aromatic rings. The Morgan fingerprint density at radius 2 is 1.95 bits per heavy atom. The first-order chi connectivity index (χ1) is 10.3. The lowest BCUT2D eigenvalue weighted by Gasteiger charge is -2.26. The molecule has 0 aliphatic heterocycles. The van der Waals surface area contributed by atoms with E-state index in [9.17, 15) is 5.11 Å². The van der Waals surface area contributed by atoms with E-state index in [0.29, 0.717) is 12.5 Å². The standard InChI is InChI=1S/C16H21N3O2/c20-16(13-4-2-1-3-5-13)10-21-15-8-6-14(7-9-15)19-12-17-11-18-19/h6-9,11-13,16,20H,1-5,10H2. The molecule has 0 spiro atoms. The van der Waals surface area contributed by atoms with Gasteiger partial charge in [-0.25, -0.2) is 9.67 Å². The lowest BCUT2D eigenvalue weighted by atomic mass is 9.85. The summed E-state index contributed by atoms with van der Waals surface area (Å²) in [7, 11) is 0. The lowest BCUT2D eigenvalue weighted by molar-refractivity contribution is 0.0413. The van der Waals surface area contributed by atoms with Gasteiger partial charge in [-0.2, -0.15) is 5.10 Å². The van der Waals surface area contributed by atoms with E-state index in [-0.39, 0.29) is 6.10 Å². The smallest absolute Gasteiger partial charge is 0.138 e. The van der Waals surface area contributed by atoms with Crippen LogP contribution in [0.4, 0.5) is 0 Å². The number of aliphatic hydroxyl groups excluding tert-OH is 1. The first-order valence-electron chi connectivity index (χ1n) is 7.59. The molecular formula is C16H21N3O2. The summed E-state index contributed by atoms with van der Waals surface area (Å²) in [6.45, 7) is 0.368. The average molecular weight is 287 g/mol. The highest BCUT2D eigenvalue weighted by atomic mass is 16.5. The Hall–Kier alpha value is -1.88. The lowest BCUT2D eigenvalue weighted by Crippen LogP contribution is -2.28. The summed E-state index contributed by atoms with van der Waals surface area (Å²) in [5.41, 5.74) is 0.938. The van der Waals surface area contributed by atoms with Crippen LogP contribution < -0.4 is 4.74 Å². The van der Waals surface area contributed by atoms with E-state index in [1.165, 1.54) is 25.6 Å². The van der Waals surface area contributed by atoms with Crippen molar-refractivity contribution in [3.8, 4) is 11.4 Å². The van der Waals surface area contributed by atoms with E-state index in [1.807, 2.05) is 24.3 Å². The van der Waals surface area contributed by atoms with E-state index >= 15 is 0 Å². The Morgan fingerprint density at radius 1 is 1.19 bits per heavy atom. The zero-order valence-corrected chi connectivity index (χ0v) is 12.1. The summed E-state index contributed by atoms with van der Waals surface area (Å²) < 4.78 is 7.39. The predicted octanol–water partition coefficient (Wildman–Crippen LogP) is 2.59. The molecule has 1 aromatic carbocycles. The van der Waals surface area contributed by atoms with Crippen molar-refractivity contribution in [1.29, 1.82) is 0 Å². The molecule has 1 aliphatic carbocycles. The normalized spacial score (nSPS) is 17.6. The van der Waals surface area contributed by atoms with Crippen molar-refractivity contribution in [1.82, 2.24) is 14.8 Å². The van der Waals surface area contributed by atoms with Gasteiger partial charge in [0.25, 0.3) is 0 Å². The van der Waals surface area contributed by atoms with Crippen LogP contribution in [0.1, 0.15) is 32.1 Å². The van der Waals surface area contributed by atoms with Crippen LogP contribution in [0.3, 0.4) is 0 Å². The minimum atomic E-state index is -0.361. The highest BCUT2D eigenvalue weighted by Gasteiger charge is 2.22. The number of ether oxygens (including phenoxy) is 1. The Kier molecular flexibility index (Phi) is 4.50. The second-order valence-corrected chi connectivity index (χ2v) is 5.61. The summed E-state index contributed by atoms with van der Waals surface area (Å²) in [5, 5.41) is 14.3. The molecule has 1 N–H and O–H groups in total. The van der Waals surface area contributed by atoms with E-state index in [2.05, 4.69) is 10.1 Å². The van der Waals surface area contributed by atoms with Crippen LogP contribution in [0.25, 0.3) is 5.69 Å². The number of aliphatic hydroxyl groups is 1. The number of aromatic nitrogens is 3. The van der Waals surface area contributed by atoms with Crippen LogP contribution in [0, 0.1) is 5.92 Å². The van der Waals surface area contributed by atoms with Gasteiger partial charge in [-0.05, 0) is 43.0 Å². The second kappa shape index (κ2) is 6.72. The summed E-state index contributed by atoms with van der Waals surface area (Å²) in [6, 6.07) is 7.64. The van der Waals surface area contributed by atoms with E-state index in [4.69, 9.17) is 4.74 Å². The van der Waals surface area contributed by atoms with Crippen molar-refractivity contribution >= 4 is 0 Å². The molecular weight excluding hydrogens is 266 g/mol. The van der Waals surface area contributed by atoms with Crippen LogP contribution in [-0.4, -0.2) is 32.6 Å². The van der Waals surface area contributed by atoms with Crippen molar-refractivity contribution in [2.45, 2.75) is 38.2 Å². The third kappa shape index (κ3) is 3.61. The van der Waals surface area contributed by atoms with Gasteiger partial charge in [0, 0.05) is 0 Å². The Balaban J connectivity index is 1.53. The zero-order valence-electron chi connectivity index (χ0n) is 12.1. The van der Waals surface area contributed by atoms with Gasteiger partial charge in [-0.1, -0.05) is 19.3 Å². The Morgan fingerprint density at radius 3 is 2.62 bits per heavy atom. The molecule has 0 saturated heterocycles. The van der Waals surface area contributed by atoms with Crippen LogP contribution in [0.15, 0.2) is 36.9 Å². The van der Waals surface area contributed by atoms with Crippen molar-refractivity contribution in [2.75, 3.05) is 6.61 Å². The first-order valence-corrected chi connectivity index (χ1v) is 7.59. The molecule has 1 aromatic heterocycles. The van der Waals surface area contributed by atoms with Crippen molar-refractivity contribution in [3.05, 3.63) is 36.9 Å². The van der Waals surface area contributed by atoms with Crippen molar-refractivity contribution in [3.63, 3.8) is 0 Å². The fourth-order valence-corrected chi connectivity index (χ4v) is 2.87. The molecule has 21 heavy (non-hydrogen) atoms. The van der Waals surface area contributed by atoms with Crippen LogP contribution in [-0.2, 0) is 0 Å². The number of nitrogens with zero attached hydrogens (tertiary/aromatic N) is 3. The van der Waals surface area contributed by atoms with Gasteiger partial charge >= 0.3 is 0 Å². The van der Waals surface area contributed by atoms with Crippen LogP contribution >= 0.6 is 0 Å². The maximum atomic E-state index is 10.2. The van der Waals surface area contributed by atoms with Crippen molar-refractivity contribution in [2.24, 2.45) is 5.92 Å². The average Bonchev–Trinajstić information content (AvgIpc) is 3.08. The summed E-state index contributed by atoms with van der Waals surface area (Å²) in [4.78, 5) is 3.92. The number of hydrogen-bond acceptors (Lipinski definition) is 4. The van der Waals surface area contributed by atoms with E-state index < -0.39 is 0 Å². The van der Waals surface area contributed by atoms with Gasteiger partial charge in [0.2, 0.25) is 0 Å². The molecule has 1 fully saturated rings. The van der Waals surface area contributed by atoms with Crippen LogP contribution in [0.5, 0.6) is 5.75 Å². The van der Waals surface area contributed by atoms with Gasteiger partial charge in [-0.3, -0.25) is 0 Å². The minimum Gasteiger partial charge on any atom is -0.491 e. The fraction of sp³-hybridized carbons (Fsp3) is 0.500.